The summed E-state index contributed by atoms with van der Waals surface area (Å²) >= 11 is 0. The van der Waals surface area contributed by atoms with Crippen LogP contribution in [0.5, 0.6) is 0 Å². The number of fused-ring (bicyclic) bond motifs is 1. The van der Waals surface area contributed by atoms with Crippen LogP contribution >= 0.6 is 0 Å². The van der Waals surface area contributed by atoms with Crippen LogP contribution in [0.3, 0.4) is 0 Å². The van der Waals surface area contributed by atoms with Crippen molar-refractivity contribution in [1.82, 2.24) is 30.0 Å². The Morgan fingerprint density at radius 2 is 2.24 bits per heavy atom. The van der Waals surface area contributed by atoms with E-state index < -0.39 is 0 Å². The molecule has 2 aromatic heterocycles. The number of amides is 1. The SMILES string of the molecule is Cn1cc([C@H]2CNC[C@@H]2C(=O)NCCn2cnc3ccccc32)cn1. The number of carbonyl (C=O) groups is 1. The molecule has 3 aromatic rings. The van der Waals surface area contributed by atoms with Crippen molar-refractivity contribution in [3.63, 3.8) is 0 Å². The molecule has 3 heterocycles. The average molecular weight is 338 g/mol. The number of aryl methyl sites for hydroxylation is 1. The first-order valence-corrected chi connectivity index (χ1v) is 8.59. The van der Waals surface area contributed by atoms with Crippen LogP contribution in [0.25, 0.3) is 11.0 Å². The molecule has 1 fully saturated rings. The van der Waals surface area contributed by atoms with E-state index in [1.165, 1.54) is 0 Å². The maximum atomic E-state index is 12.6. The van der Waals surface area contributed by atoms with Gasteiger partial charge in [-0.15, -0.1) is 0 Å². The van der Waals surface area contributed by atoms with E-state index in [4.69, 9.17) is 0 Å². The van der Waals surface area contributed by atoms with Crippen molar-refractivity contribution in [3.05, 3.63) is 48.5 Å². The number of nitrogens with one attached hydrogen (secondary N) is 2. The summed E-state index contributed by atoms with van der Waals surface area (Å²) in [4.78, 5) is 17.0. The van der Waals surface area contributed by atoms with Crippen LogP contribution < -0.4 is 10.6 Å². The van der Waals surface area contributed by atoms with Crippen molar-refractivity contribution in [2.75, 3.05) is 19.6 Å². The van der Waals surface area contributed by atoms with E-state index in [-0.39, 0.29) is 17.7 Å². The van der Waals surface area contributed by atoms with Crippen LogP contribution in [0.15, 0.2) is 43.0 Å². The molecular formula is C18H22N6O. The molecule has 1 aliphatic heterocycles. The smallest absolute Gasteiger partial charge is 0.225 e. The normalized spacial score (nSPS) is 20.2. The molecule has 0 saturated carbocycles. The molecule has 7 nitrogen and oxygen atoms in total. The van der Waals surface area contributed by atoms with E-state index in [9.17, 15) is 4.79 Å². The molecule has 1 saturated heterocycles. The summed E-state index contributed by atoms with van der Waals surface area (Å²) < 4.78 is 3.86. The van der Waals surface area contributed by atoms with E-state index in [0.717, 1.165) is 23.1 Å². The second-order valence-corrected chi connectivity index (χ2v) is 6.54. The third-order valence-corrected chi connectivity index (χ3v) is 4.88. The van der Waals surface area contributed by atoms with Crippen LogP contribution in [0.2, 0.25) is 0 Å². The summed E-state index contributed by atoms with van der Waals surface area (Å²) in [6.45, 7) is 2.83. The standard InChI is InChI=1S/C18H22N6O/c1-23-11-13(8-22-23)14-9-19-10-15(14)18(25)20-6-7-24-12-21-16-4-2-3-5-17(16)24/h2-5,8,11-12,14-15,19H,6-7,9-10H2,1H3,(H,20,25)/t14-,15+/m1/s1. The van der Waals surface area contributed by atoms with Gasteiger partial charge in [-0.1, -0.05) is 12.1 Å². The number of aromatic nitrogens is 4. The lowest BCUT2D eigenvalue weighted by molar-refractivity contribution is -0.124. The first kappa shape index (κ1) is 15.8. The van der Waals surface area contributed by atoms with Crippen molar-refractivity contribution in [1.29, 1.82) is 0 Å². The van der Waals surface area contributed by atoms with Crippen molar-refractivity contribution >= 4 is 16.9 Å². The van der Waals surface area contributed by atoms with Crippen LogP contribution in [0, 0.1) is 5.92 Å². The second-order valence-electron chi connectivity index (χ2n) is 6.54. The highest BCUT2D eigenvalue weighted by Crippen LogP contribution is 2.27. The molecule has 0 aliphatic carbocycles. The van der Waals surface area contributed by atoms with Crippen molar-refractivity contribution < 1.29 is 4.79 Å². The lowest BCUT2D eigenvalue weighted by Gasteiger charge is -2.17. The highest BCUT2D eigenvalue weighted by Gasteiger charge is 2.34. The summed E-state index contributed by atoms with van der Waals surface area (Å²) in [7, 11) is 1.90. The van der Waals surface area contributed by atoms with Gasteiger partial charge in [0.2, 0.25) is 5.91 Å². The molecule has 25 heavy (non-hydrogen) atoms. The van der Waals surface area contributed by atoms with Gasteiger partial charge in [-0.25, -0.2) is 4.98 Å². The highest BCUT2D eigenvalue weighted by atomic mass is 16.1. The number of para-hydroxylation sites is 2. The van der Waals surface area contributed by atoms with Crippen LogP contribution in [0.4, 0.5) is 0 Å². The van der Waals surface area contributed by atoms with Crippen LogP contribution in [-0.4, -0.2) is 44.9 Å². The molecular weight excluding hydrogens is 316 g/mol. The summed E-state index contributed by atoms with van der Waals surface area (Å²) in [5.74, 6) is 0.231. The Kier molecular flexibility index (Phi) is 4.23. The molecule has 0 spiro atoms. The van der Waals surface area contributed by atoms with Gasteiger partial charge in [0.05, 0.1) is 29.5 Å². The van der Waals surface area contributed by atoms with Gasteiger partial charge in [0.15, 0.2) is 0 Å². The van der Waals surface area contributed by atoms with Gasteiger partial charge >= 0.3 is 0 Å². The van der Waals surface area contributed by atoms with Gasteiger partial charge < -0.3 is 15.2 Å². The number of hydrogen-bond donors (Lipinski definition) is 2. The van der Waals surface area contributed by atoms with Gasteiger partial charge in [-0.2, -0.15) is 5.10 Å². The molecule has 0 unspecified atom stereocenters. The maximum absolute atomic E-state index is 12.6. The van der Waals surface area contributed by atoms with Gasteiger partial charge in [0, 0.05) is 45.3 Å². The molecule has 0 bridgehead atoms. The summed E-state index contributed by atoms with van der Waals surface area (Å²) in [5, 5.41) is 10.6. The Morgan fingerprint density at radius 3 is 3.08 bits per heavy atom. The molecule has 130 valence electrons. The van der Waals surface area contributed by atoms with E-state index >= 15 is 0 Å². The highest BCUT2D eigenvalue weighted by molar-refractivity contribution is 5.80. The number of nitrogens with zero attached hydrogens (tertiary/aromatic N) is 4. The lowest BCUT2D eigenvalue weighted by Crippen LogP contribution is -2.36. The molecule has 1 amide bonds. The lowest BCUT2D eigenvalue weighted by atomic mass is 9.90. The van der Waals surface area contributed by atoms with E-state index in [2.05, 4.69) is 25.3 Å². The fourth-order valence-electron chi connectivity index (χ4n) is 3.56. The summed E-state index contributed by atoms with van der Waals surface area (Å²) in [6.07, 6.45) is 5.68. The third kappa shape index (κ3) is 3.15. The molecule has 1 aliphatic rings. The largest absolute Gasteiger partial charge is 0.354 e. The Balaban J connectivity index is 1.37. The van der Waals surface area contributed by atoms with E-state index in [0.29, 0.717) is 19.6 Å². The zero-order valence-electron chi connectivity index (χ0n) is 14.2. The Labute approximate surface area is 146 Å². The zero-order valence-corrected chi connectivity index (χ0v) is 14.2. The Morgan fingerprint density at radius 1 is 1.36 bits per heavy atom. The number of carbonyl (C=O) groups excluding carboxylic acids is 1. The minimum Gasteiger partial charge on any atom is -0.354 e. The number of rotatable bonds is 5. The summed E-state index contributed by atoms with van der Waals surface area (Å²) in [5.41, 5.74) is 3.19. The Bertz CT molecular complexity index is 882. The van der Waals surface area contributed by atoms with Crippen molar-refractivity contribution in [2.45, 2.75) is 12.5 Å². The summed E-state index contributed by atoms with van der Waals surface area (Å²) in [6, 6.07) is 8.02. The molecule has 0 radical (unpaired) electrons. The fourth-order valence-corrected chi connectivity index (χ4v) is 3.56. The molecule has 7 heteroatoms. The number of benzene rings is 1. The van der Waals surface area contributed by atoms with Gasteiger partial charge in [0.25, 0.3) is 0 Å². The maximum Gasteiger partial charge on any atom is 0.225 e. The van der Waals surface area contributed by atoms with E-state index in [1.807, 2.05) is 50.0 Å². The predicted octanol–water partition coefficient (Wildman–Crippen LogP) is 0.889. The van der Waals surface area contributed by atoms with Crippen LogP contribution in [0.1, 0.15) is 11.5 Å². The third-order valence-electron chi connectivity index (χ3n) is 4.88. The van der Waals surface area contributed by atoms with Gasteiger partial charge in [-0.3, -0.25) is 9.48 Å². The minimum absolute atomic E-state index is 0.0521. The van der Waals surface area contributed by atoms with Gasteiger partial charge in [-0.05, 0) is 17.7 Å². The Hall–Kier alpha value is -2.67. The number of hydrogen-bond acceptors (Lipinski definition) is 4. The van der Waals surface area contributed by atoms with Crippen molar-refractivity contribution in [2.24, 2.45) is 13.0 Å². The van der Waals surface area contributed by atoms with E-state index in [1.54, 1.807) is 4.68 Å². The monoisotopic (exact) mass is 338 g/mol. The number of imidazole rings is 1. The fraction of sp³-hybridized carbons (Fsp3) is 0.389. The molecule has 2 atom stereocenters. The van der Waals surface area contributed by atoms with Gasteiger partial charge in [0.1, 0.15) is 0 Å². The molecule has 4 rings (SSSR count). The molecule has 2 N–H and O–H groups in total. The first-order valence-electron chi connectivity index (χ1n) is 8.59. The zero-order chi connectivity index (χ0) is 17.2. The van der Waals surface area contributed by atoms with Crippen LogP contribution in [-0.2, 0) is 18.4 Å². The quantitative estimate of drug-likeness (QED) is 0.724. The average Bonchev–Trinajstić information content (AvgIpc) is 3.34. The minimum atomic E-state index is -0.0521. The van der Waals surface area contributed by atoms with Crippen molar-refractivity contribution in [3.8, 4) is 0 Å². The first-order chi connectivity index (χ1) is 12.2. The predicted molar refractivity (Wildman–Crippen MR) is 95.1 cm³/mol. The second kappa shape index (κ2) is 6.68. The molecule has 1 aromatic carbocycles. The topological polar surface area (TPSA) is 76.8 Å².